The van der Waals surface area contributed by atoms with Gasteiger partial charge >= 0.3 is 0 Å². The molecule has 1 atom stereocenters. The monoisotopic (exact) mass is 289 g/mol. The van der Waals surface area contributed by atoms with Crippen molar-refractivity contribution in [2.45, 2.75) is 19.4 Å². The third-order valence-electron chi connectivity index (χ3n) is 4.27. The van der Waals surface area contributed by atoms with Gasteiger partial charge in [0, 0.05) is 13.1 Å². The third-order valence-corrected chi connectivity index (χ3v) is 4.27. The van der Waals surface area contributed by atoms with Crippen LogP contribution < -0.4 is 0 Å². The molecule has 0 saturated heterocycles. The van der Waals surface area contributed by atoms with Crippen LogP contribution in [0.5, 0.6) is 0 Å². The summed E-state index contributed by atoms with van der Waals surface area (Å²) in [6.07, 6.45) is 0. The zero-order valence-electron chi connectivity index (χ0n) is 13.4. The first-order chi connectivity index (χ1) is 10.7. The molecule has 1 unspecified atom stereocenters. The van der Waals surface area contributed by atoms with E-state index in [0.29, 0.717) is 5.92 Å². The first-order valence-electron chi connectivity index (χ1n) is 7.94. The van der Waals surface area contributed by atoms with Crippen LogP contribution in [0.2, 0.25) is 0 Å². The van der Waals surface area contributed by atoms with Crippen LogP contribution in [-0.2, 0) is 6.54 Å². The first-order valence-corrected chi connectivity index (χ1v) is 7.94. The Hall–Kier alpha value is -2.12. The van der Waals surface area contributed by atoms with E-state index in [2.05, 4.69) is 91.7 Å². The minimum atomic E-state index is 0.543. The summed E-state index contributed by atoms with van der Waals surface area (Å²) in [4.78, 5) is 2.42. The van der Waals surface area contributed by atoms with Crippen LogP contribution in [0.15, 0.2) is 72.8 Å². The lowest BCUT2D eigenvalue weighted by molar-refractivity contribution is 0.310. The van der Waals surface area contributed by atoms with Crippen molar-refractivity contribution in [2.75, 3.05) is 13.6 Å². The summed E-state index contributed by atoms with van der Waals surface area (Å²) >= 11 is 0. The molecule has 0 aromatic heterocycles. The van der Waals surface area contributed by atoms with Gasteiger partial charge in [-0.1, -0.05) is 79.7 Å². The van der Waals surface area contributed by atoms with Gasteiger partial charge in [0.1, 0.15) is 0 Å². The zero-order valence-corrected chi connectivity index (χ0v) is 13.4. The molecule has 0 heterocycles. The first kappa shape index (κ1) is 14.8. The van der Waals surface area contributed by atoms with E-state index in [0.717, 1.165) is 13.1 Å². The van der Waals surface area contributed by atoms with E-state index in [9.17, 15) is 0 Å². The predicted octanol–water partition coefficient (Wildman–Crippen LogP) is 5.08. The Balaban J connectivity index is 1.72. The fourth-order valence-electron chi connectivity index (χ4n) is 3.14. The maximum Gasteiger partial charge on any atom is 0.0237 e. The van der Waals surface area contributed by atoms with Crippen molar-refractivity contribution in [3.8, 4) is 0 Å². The molecule has 112 valence electrons. The lowest BCUT2D eigenvalue weighted by Gasteiger charge is -2.22. The Morgan fingerprint density at radius 3 is 2.32 bits per heavy atom. The van der Waals surface area contributed by atoms with Crippen molar-refractivity contribution in [3.05, 3.63) is 83.9 Å². The highest BCUT2D eigenvalue weighted by molar-refractivity contribution is 5.85. The van der Waals surface area contributed by atoms with Crippen LogP contribution in [0.3, 0.4) is 0 Å². The van der Waals surface area contributed by atoms with E-state index >= 15 is 0 Å². The predicted molar refractivity (Wildman–Crippen MR) is 95.1 cm³/mol. The maximum absolute atomic E-state index is 2.42. The van der Waals surface area contributed by atoms with E-state index in [-0.39, 0.29) is 0 Å². The highest BCUT2D eigenvalue weighted by Gasteiger charge is 2.10. The van der Waals surface area contributed by atoms with Crippen LogP contribution in [0, 0.1) is 0 Å². The van der Waals surface area contributed by atoms with Crippen molar-refractivity contribution in [3.63, 3.8) is 0 Å². The fourth-order valence-corrected chi connectivity index (χ4v) is 3.14. The smallest absolute Gasteiger partial charge is 0.0237 e. The molecule has 3 aromatic rings. The number of likely N-dealkylation sites (N-methyl/N-ethyl adjacent to an activating group) is 1. The quantitative estimate of drug-likeness (QED) is 0.633. The van der Waals surface area contributed by atoms with Gasteiger partial charge in [0.25, 0.3) is 0 Å². The van der Waals surface area contributed by atoms with Crippen LogP contribution in [0.25, 0.3) is 10.8 Å². The molecule has 0 saturated carbocycles. The van der Waals surface area contributed by atoms with Crippen molar-refractivity contribution in [2.24, 2.45) is 0 Å². The van der Waals surface area contributed by atoms with Gasteiger partial charge in [-0.25, -0.2) is 0 Å². The Morgan fingerprint density at radius 2 is 1.50 bits per heavy atom. The van der Waals surface area contributed by atoms with Crippen molar-refractivity contribution in [1.29, 1.82) is 0 Å². The topological polar surface area (TPSA) is 3.24 Å². The maximum atomic E-state index is 2.42. The molecule has 0 aliphatic carbocycles. The average Bonchev–Trinajstić information content (AvgIpc) is 2.56. The molecule has 3 aromatic carbocycles. The Kier molecular flexibility index (Phi) is 4.55. The minimum Gasteiger partial charge on any atom is -0.301 e. The summed E-state index contributed by atoms with van der Waals surface area (Å²) in [6, 6.07) is 26.0. The minimum absolute atomic E-state index is 0.543. The highest BCUT2D eigenvalue weighted by Crippen LogP contribution is 2.21. The second-order valence-corrected chi connectivity index (χ2v) is 6.15. The SMILES string of the molecule is CC(CN(C)Cc1cccc2ccccc12)c1ccccc1. The van der Waals surface area contributed by atoms with Gasteiger partial charge in [-0.2, -0.15) is 0 Å². The van der Waals surface area contributed by atoms with Crippen molar-refractivity contribution < 1.29 is 0 Å². The Bertz CT molecular complexity index is 728. The fraction of sp³-hybridized carbons (Fsp3) is 0.238. The van der Waals surface area contributed by atoms with Gasteiger partial charge in [0.15, 0.2) is 0 Å². The molecule has 1 nitrogen and oxygen atoms in total. The van der Waals surface area contributed by atoms with Gasteiger partial charge in [0.2, 0.25) is 0 Å². The standard InChI is InChI=1S/C21H23N/c1-17(18-9-4-3-5-10-18)15-22(2)16-20-13-8-12-19-11-6-7-14-21(19)20/h3-14,17H,15-16H2,1-2H3. The molecule has 0 fully saturated rings. The van der Waals surface area contributed by atoms with Crippen LogP contribution in [-0.4, -0.2) is 18.5 Å². The molecule has 0 radical (unpaired) electrons. The molecule has 0 aliphatic heterocycles. The molecule has 3 rings (SSSR count). The molecule has 1 heteroatoms. The largest absolute Gasteiger partial charge is 0.301 e. The molecule has 0 spiro atoms. The number of rotatable bonds is 5. The van der Waals surface area contributed by atoms with Gasteiger partial charge in [-0.15, -0.1) is 0 Å². The van der Waals surface area contributed by atoms with E-state index < -0.39 is 0 Å². The molecular formula is C21H23N. The molecule has 0 N–H and O–H groups in total. The summed E-state index contributed by atoms with van der Waals surface area (Å²) in [5.41, 5.74) is 2.81. The molecule has 0 amide bonds. The Morgan fingerprint density at radius 1 is 0.818 bits per heavy atom. The zero-order chi connectivity index (χ0) is 15.4. The summed E-state index contributed by atoms with van der Waals surface area (Å²) in [5, 5.41) is 2.69. The van der Waals surface area contributed by atoms with E-state index in [1.165, 1.54) is 21.9 Å². The molecular weight excluding hydrogens is 266 g/mol. The van der Waals surface area contributed by atoms with Crippen molar-refractivity contribution in [1.82, 2.24) is 4.90 Å². The second kappa shape index (κ2) is 6.76. The van der Waals surface area contributed by atoms with Crippen LogP contribution >= 0.6 is 0 Å². The summed E-state index contributed by atoms with van der Waals surface area (Å²) < 4.78 is 0. The normalized spacial score (nSPS) is 12.7. The molecule has 22 heavy (non-hydrogen) atoms. The number of hydrogen-bond donors (Lipinski definition) is 0. The van der Waals surface area contributed by atoms with Gasteiger partial charge in [-0.3, -0.25) is 0 Å². The number of hydrogen-bond acceptors (Lipinski definition) is 1. The average molecular weight is 289 g/mol. The van der Waals surface area contributed by atoms with E-state index in [1.807, 2.05) is 0 Å². The van der Waals surface area contributed by atoms with Gasteiger partial charge < -0.3 is 4.90 Å². The Labute approximate surface area is 133 Å². The lowest BCUT2D eigenvalue weighted by atomic mass is 10.00. The van der Waals surface area contributed by atoms with Crippen molar-refractivity contribution >= 4 is 10.8 Å². The third kappa shape index (κ3) is 3.37. The highest BCUT2D eigenvalue weighted by atomic mass is 15.1. The number of nitrogens with zero attached hydrogens (tertiary/aromatic N) is 1. The second-order valence-electron chi connectivity index (χ2n) is 6.15. The summed E-state index contributed by atoms with van der Waals surface area (Å²) in [5.74, 6) is 0.543. The van der Waals surface area contributed by atoms with Crippen LogP contribution in [0.4, 0.5) is 0 Å². The number of fused-ring (bicyclic) bond motifs is 1. The lowest BCUT2D eigenvalue weighted by Crippen LogP contribution is -2.23. The summed E-state index contributed by atoms with van der Waals surface area (Å²) in [6.45, 7) is 4.35. The van der Waals surface area contributed by atoms with Crippen LogP contribution in [0.1, 0.15) is 24.0 Å². The summed E-state index contributed by atoms with van der Waals surface area (Å²) in [7, 11) is 2.21. The molecule has 0 bridgehead atoms. The van der Waals surface area contributed by atoms with Gasteiger partial charge in [-0.05, 0) is 34.9 Å². The van der Waals surface area contributed by atoms with Gasteiger partial charge in [0.05, 0.1) is 0 Å². The number of benzene rings is 3. The van der Waals surface area contributed by atoms with E-state index in [1.54, 1.807) is 0 Å². The molecule has 0 aliphatic rings. The van der Waals surface area contributed by atoms with E-state index in [4.69, 9.17) is 0 Å².